The summed E-state index contributed by atoms with van der Waals surface area (Å²) in [5.74, 6) is -0.619. The lowest BCUT2D eigenvalue weighted by Gasteiger charge is -2.51. The Bertz CT molecular complexity index is 1710. The summed E-state index contributed by atoms with van der Waals surface area (Å²) in [6, 6.07) is 5.86. The Kier molecular flexibility index (Phi) is 10.8. The molecule has 1 aromatic carbocycles. The summed E-state index contributed by atoms with van der Waals surface area (Å²) in [5.41, 5.74) is 2.01. The van der Waals surface area contributed by atoms with Gasteiger partial charge in [0.25, 0.3) is 0 Å². The molecule has 1 unspecified atom stereocenters. The molecule has 1 N–H and O–H groups in total. The van der Waals surface area contributed by atoms with Crippen molar-refractivity contribution in [2.24, 2.45) is 0 Å². The second kappa shape index (κ2) is 14.8. The van der Waals surface area contributed by atoms with Gasteiger partial charge in [-0.2, -0.15) is 8.78 Å². The van der Waals surface area contributed by atoms with Crippen LogP contribution in [0.2, 0.25) is 0 Å². The van der Waals surface area contributed by atoms with Crippen LogP contribution >= 0.6 is 0 Å². The Hall–Kier alpha value is -4.34. The zero-order valence-corrected chi connectivity index (χ0v) is 27.5. The van der Waals surface area contributed by atoms with Crippen LogP contribution in [-0.4, -0.2) is 102 Å². The number of amides is 1. The molecule has 1 atom stereocenters. The van der Waals surface area contributed by atoms with Gasteiger partial charge < -0.3 is 24.4 Å². The van der Waals surface area contributed by atoms with Crippen LogP contribution in [-0.2, 0) is 9.53 Å². The third kappa shape index (κ3) is 6.93. The number of pyridine rings is 1. The maximum absolute atomic E-state index is 13.9. The number of halogens is 3. The number of hydrogen-bond donors (Lipinski definition) is 1. The van der Waals surface area contributed by atoms with Crippen molar-refractivity contribution in [2.45, 2.75) is 57.9 Å². The topological polar surface area (TPSA) is 124 Å². The zero-order valence-electron chi connectivity index (χ0n) is 27.5. The van der Waals surface area contributed by atoms with Crippen LogP contribution in [0, 0.1) is 12.7 Å². The molecule has 0 saturated carbocycles. The summed E-state index contributed by atoms with van der Waals surface area (Å²) in [7, 11) is 1.68. The second-order valence-corrected chi connectivity index (χ2v) is 11.7. The Labute approximate surface area is 276 Å². The molecule has 2 aliphatic rings. The lowest BCUT2D eigenvalue weighted by molar-refractivity contribution is -0.162. The molecule has 3 aromatic heterocycles. The highest BCUT2D eigenvalue weighted by Crippen LogP contribution is 2.37. The summed E-state index contributed by atoms with van der Waals surface area (Å²) < 4.78 is 55.8. The average molecular weight is 671 g/mol. The number of methoxy groups -OCH3 is 1. The van der Waals surface area contributed by atoms with Crippen LogP contribution in [0.25, 0.3) is 22.3 Å². The summed E-state index contributed by atoms with van der Waals surface area (Å²) in [6.07, 6.45) is 3.94. The second-order valence-electron chi connectivity index (χ2n) is 11.7. The zero-order chi connectivity index (χ0) is 34.6. The van der Waals surface area contributed by atoms with E-state index in [-0.39, 0.29) is 40.0 Å². The third-order valence-corrected chi connectivity index (χ3v) is 8.85. The van der Waals surface area contributed by atoms with Crippen LogP contribution in [0.1, 0.15) is 56.8 Å². The minimum absolute atomic E-state index is 0.0361. The van der Waals surface area contributed by atoms with Gasteiger partial charge in [-0.3, -0.25) is 14.3 Å². The highest BCUT2D eigenvalue weighted by molar-refractivity contribution is 5.88. The Morgan fingerprint density at radius 3 is 2.52 bits per heavy atom. The molecule has 0 spiro atoms. The maximum atomic E-state index is 13.9. The molecule has 15 heteroatoms. The number of fused-ring (bicyclic) bond motifs is 1. The molecule has 2 fully saturated rings. The van der Waals surface area contributed by atoms with E-state index in [1.807, 2.05) is 25.5 Å². The van der Waals surface area contributed by atoms with E-state index in [0.29, 0.717) is 28.9 Å². The lowest BCUT2D eigenvalue weighted by atomic mass is 9.91. The molecule has 258 valence electrons. The van der Waals surface area contributed by atoms with E-state index >= 15 is 0 Å². The number of aliphatic hydroxyl groups is 1. The number of benzene rings is 1. The summed E-state index contributed by atoms with van der Waals surface area (Å²) in [5, 5.41) is 19.0. The van der Waals surface area contributed by atoms with Crippen molar-refractivity contribution in [3.8, 4) is 17.0 Å². The predicted molar refractivity (Wildman–Crippen MR) is 172 cm³/mol. The van der Waals surface area contributed by atoms with Crippen molar-refractivity contribution < 1.29 is 32.5 Å². The number of carbonyl (C=O) groups excluding carboxylic acids is 1. The number of rotatable bonds is 11. The highest BCUT2D eigenvalue weighted by atomic mass is 19.3. The van der Waals surface area contributed by atoms with Crippen molar-refractivity contribution >= 4 is 16.9 Å². The average Bonchev–Trinajstić information content (AvgIpc) is 3.70. The van der Waals surface area contributed by atoms with Crippen LogP contribution in [0.5, 0.6) is 5.75 Å². The van der Waals surface area contributed by atoms with Crippen LogP contribution < -0.4 is 4.74 Å². The van der Waals surface area contributed by atoms with Gasteiger partial charge in [0.2, 0.25) is 5.91 Å². The number of aromatic nitrogens is 6. The van der Waals surface area contributed by atoms with Crippen LogP contribution in [0.3, 0.4) is 0 Å². The van der Waals surface area contributed by atoms with Crippen molar-refractivity contribution in [3.05, 3.63) is 66.6 Å². The summed E-state index contributed by atoms with van der Waals surface area (Å²) >= 11 is 0. The number of ether oxygens (including phenoxy) is 2. The van der Waals surface area contributed by atoms with E-state index in [0.717, 1.165) is 50.7 Å². The molecule has 5 heterocycles. The Morgan fingerprint density at radius 1 is 1.19 bits per heavy atom. The number of nitrogens with zero attached hydrogens (tertiary/aromatic N) is 8. The normalized spacial score (nSPS) is 17.1. The first-order valence-electron chi connectivity index (χ1n) is 15.9. The SMILES string of the molecule is C=CC(=O)N1CC(CN2CCC(n3nnc(-c4cc(OC(CO)c5ccc(F)cn5)c5c(c4)ncn5C(F)F)c3C)CC2)(OC)C1.CC. The first kappa shape index (κ1) is 35.0. The van der Waals surface area contributed by atoms with Gasteiger partial charge in [0, 0.05) is 32.3 Å². The minimum atomic E-state index is -2.89. The molecule has 12 nitrogen and oxygen atoms in total. The van der Waals surface area contributed by atoms with Crippen LogP contribution in [0.15, 0.2) is 49.4 Å². The summed E-state index contributed by atoms with van der Waals surface area (Å²) in [4.78, 5) is 24.2. The van der Waals surface area contributed by atoms with Crippen molar-refractivity contribution in [1.82, 2.24) is 39.3 Å². The van der Waals surface area contributed by atoms with E-state index in [4.69, 9.17) is 9.47 Å². The predicted octanol–water partition coefficient (Wildman–Crippen LogP) is 4.72. The monoisotopic (exact) mass is 670 g/mol. The van der Waals surface area contributed by atoms with Gasteiger partial charge in [-0.15, -0.1) is 5.10 Å². The maximum Gasteiger partial charge on any atom is 0.320 e. The van der Waals surface area contributed by atoms with Gasteiger partial charge in [0.15, 0.2) is 6.10 Å². The molecule has 2 aliphatic heterocycles. The molecular weight excluding hydrogens is 629 g/mol. The fourth-order valence-corrected chi connectivity index (χ4v) is 6.34. The molecule has 2 saturated heterocycles. The lowest BCUT2D eigenvalue weighted by Crippen LogP contribution is -2.68. The summed E-state index contributed by atoms with van der Waals surface area (Å²) in [6.45, 7) is 9.45. The highest BCUT2D eigenvalue weighted by Gasteiger charge is 2.46. The smallest absolute Gasteiger partial charge is 0.320 e. The number of aliphatic hydroxyl groups excluding tert-OH is 1. The van der Waals surface area contributed by atoms with E-state index in [2.05, 4.69) is 31.8 Å². The minimum Gasteiger partial charge on any atom is -0.479 e. The van der Waals surface area contributed by atoms with Gasteiger partial charge in [-0.1, -0.05) is 25.6 Å². The number of piperidine rings is 1. The number of likely N-dealkylation sites (tertiary alicyclic amines) is 2. The van der Waals surface area contributed by atoms with Gasteiger partial charge >= 0.3 is 6.55 Å². The van der Waals surface area contributed by atoms with E-state index in [1.165, 1.54) is 18.2 Å². The molecule has 0 bridgehead atoms. The fraction of sp³-hybridized carbons (Fsp3) is 0.485. The molecule has 4 aromatic rings. The van der Waals surface area contributed by atoms with Crippen LogP contribution in [0.4, 0.5) is 13.2 Å². The number of carbonyl (C=O) groups is 1. The molecule has 48 heavy (non-hydrogen) atoms. The van der Waals surface area contributed by atoms with E-state index < -0.39 is 25.1 Å². The number of alkyl halides is 2. The Morgan fingerprint density at radius 2 is 1.92 bits per heavy atom. The first-order chi connectivity index (χ1) is 23.1. The molecule has 0 aliphatic carbocycles. The number of hydrogen-bond acceptors (Lipinski definition) is 9. The molecule has 1 amide bonds. The van der Waals surface area contributed by atoms with Gasteiger partial charge in [-0.25, -0.2) is 14.1 Å². The first-order valence-corrected chi connectivity index (χ1v) is 15.9. The van der Waals surface area contributed by atoms with Crippen molar-refractivity contribution in [1.29, 1.82) is 0 Å². The van der Waals surface area contributed by atoms with E-state index in [9.17, 15) is 23.1 Å². The van der Waals surface area contributed by atoms with Crippen molar-refractivity contribution in [2.75, 3.05) is 46.4 Å². The quantitative estimate of drug-likeness (QED) is 0.226. The largest absolute Gasteiger partial charge is 0.479 e. The van der Waals surface area contributed by atoms with Gasteiger partial charge in [0.1, 0.15) is 34.7 Å². The molecule has 0 radical (unpaired) electrons. The number of imidazole rings is 1. The third-order valence-electron chi connectivity index (χ3n) is 8.85. The van der Waals surface area contributed by atoms with Gasteiger partial charge in [0.05, 0.1) is 48.8 Å². The van der Waals surface area contributed by atoms with Crippen molar-refractivity contribution in [3.63, 3.8) is 0 Å². The van der Waals surface area contributed by atoms with Gasteiger partial charge in [-0.05, 0) is 50.1 Å². The fourth-order valence-electron chi connectivity index (χ4n) is 6.34. The standard InChI is InChI=1S/C31H35F3N8O4.C2H6/c1-4-27(44)40-16-31(17-40,45-3)15-39-9-7-22(8-10-39)42-19(2)28(37-38-42)20-11-24-29(41(18-36-24)30(33)34)25(12-20)46-26(14-43)23-6-5-21(32)13-35-23;1-2/h4-6,11-13,18,22,26,30,43H,1,7-10,14-17H2,2-3H3;1-2H3. The molecular formula is C33H41F3N8O4. The Balaban J connectivity index is 0.00000221. The van der Waals surface area contributed by atoms with E-state index in [1.54, 1.807) is 24.1 Å². The molecule has 6 rings (SSSR count).